The molecule has 0 rings (SSSR count). The fraction of sp³-hybridized carbons (Fsp3) is 0.714. The van der Waals surface area contributed by atoms with Crippen molar-refractivity contribution in [1.29, 1.82) is 0 Å². The maximum Gasteiger partial charge on any atom is 0.328 e. The molecule has 0 aliphatic rings. The number of amides is 5. The van der Waals surface area contributed by atoms with Crippen molar-refractivity contribution in [2.45, 2.75) is 62.3 Å². The third kappa shape index (κ3) is 13.5. The van der Waals surface area contributed by atoms with Crippen molar-refractivity contribution in [3.63, 3.8) is 0 Å². The second-order valence-corrected chi connectivity index (χ2v) is 9.28. The first-order chi connectivity index (χ1) is 17.9. The standard InChI is InChI=1S/C21H39N7O9S/c1-38-7-5-12(18(33)27-14(9-29)20(35)28-15(10-30)21(36)37)25-19(34)13(8-16(24)31)26-17(32)11(23)4-2-3-6-22/h11-15,29-30H,2-10,22-23H2,1H3,(H2,24,31)(H,25,34)(H,26,32)(H,27,33)(H,28,35)(H,36,37)/t11-,12-,13-,14-,15-/m0/s1. The lowest BCUT2D eigenvalue weighted by molar-refractivity contribution is -0.143. The highest BCUT2D eigenvalue weighted by Crippen LogP contribution is 2.05. The predicted octanol–water partition coefficient (Wildman–Crippen LogP) is -4.92. The van der Waals surface area contributed by atoms with Crippen molar-refractivity contribution >= 4 is 47.3 Å². The molecule has 0 aliphatic carbocycles. The van der Waals surface area contributed by atoms with E-state index in [-0.39, 0.29) is 12.8 Å². The van der Waals surface area contributed by atoms with E-state index in [1.54, 1.807) is 6.26 Å². The number of aliphatic hydroxyl groups excluding tert-OH is 2. The smallest absolute Gasteiger partial charge is 0.328 e. The van der Waals surface area contributed by atoms with Crippen molar-refractivity contribution in [3.05, 3.63) is 0 Å². The van der Waals surface area contributed by atoms with Gasteiger partial charge in [-0.1, -0.05) is 6.42 Å². The molecule has 17 heteroatoms. The summed E-state index contributed by atoms with van der Waals surface area (Å²) in [5, 5.41) is 36.5. The summed E-state index contributed by atoms with van der Waals surface area (Å²) < 4.78 is 0. The molecule has 0 aromatic heterocycles. The van der Waals surface area contributed by atoms with E-state index >= 15 is 0 Å². The molecule has 5 atom stereocenters. The van der Waals surface area contributed by atoms with Crippen LogP contribution in [-0.4, -0.2) is 113 Å². The van der Waals surface area contributed by atoms with E-state index in [9.17, 15) is 33.9 Å². The molecule has 0 spiro atoms. The highest BCUT2D eigenvalue weighted by molar-refractivity contribution is 7.98. The van der Waals surface area contributed by atoms with Crippen LogP contribution in [0.15, 0.2) is 0 Å². The van der Waals surface area contributed by atoms with Crippen LogP contribution in [0.2, 0.25) is 0 Å². The Labute approximate surface area is 224 Å². The summed E-state index contributed by atoms with van der Waals surface area (Å²) in [5.74, 6) is -5.67. The lowest BCUT2D eigenvalue weighted by atomic mass is 10.1. The molecule has 5 amide bonds. The molecule has 0 aliphatic heterocycles. The van der Waals surface area contributed by atoms with Gasteiger partial charge in [0.25, 0.3) is 0 Å². The van der Waals surface area contributed by atoms with Gasteiger partial charge < -0.3 is 53.8 Å². The summed E-state index contributed by atoms with van der Waals surface area (Å²) in [6.07, 6.45) is 2.72. The van der Waals surface area contributed by atoms with Crippen molar-refractivity contribution in [1.82, 2.24) is 21.3 Å². The number of unbranched alkanes of at least 4 members (excludes halogenated alkanes) is 1. The van der Waals surface area contributed by atoms with Crippen molar-refractivity contribution in [2.24, 2.45) is 17.2 Å². The van der Waals surface area contributed by atoms with Crippen molar-refractivity contribution in [3.8, 4) is 0 Å². The van der Waals surface area contributed by atoms with Crippen LogP contribution in [0.4, 0.5) is 0 Å². The van der Waals surface area contributed by atoms with Crippen LogP contribution in [0, 0.1) is 0 Å². The Kier molecular flexibility index (Phi) is 17.6. The molecule has 38 heavy (non-hydrogen) atoms. The van der Waals surface area contributed by atoms with E-state index in [0.717, 1.165) is 0 Å². The number of primary amides is 1. The van der Waals surface area contributed by atoms with E-state index in [4.69, 9.17) is 27.4 Å². The average Bonchev–Trinajstić information content (AvgIpc) is 2.86. The Hall–Kier alpha value is -2.99. The number of aliphatic carboxylic acids is 1. The third-order valence-electron chi connectivity index (χ3n) is 5.20. The van der Waals surface area contributed by atoms with Crippen LogP contribution in [0.3, 0.4) is 0 Å². The Bertz CT molecular complexity index is 818. The maximum absolute atomic E-state index is 12.9. The zero-order valence-electron chi connectivity index (χ0n) is 21.2. The number of carboxylic acids is 1. The molecule has 0 saturated carbocycles. The molecule has 16 nitrogen and oxygen atoms in total. The van der Waals surface area contributed by atoms with Gasteiger partial charge in [0, 0.05) is 0 Å². The largest absolute Gasteiger partial charge is 0.480 e. The SMILES string of the molecule is CSCC[C@H](NC(=O)[C@H](CC(N)=O)NC(=O)[C@@H](N)CCCCN)C(=O)N[C@@H](CO)C(=O)N[C@@H](CO)C(=O)O. The molecule has 0 saturated heterocycles. The monoisotopic (exact) mass is 565 g/mol. The predicted molar refractivity (Wildman–Crippen MR) is 137 cm³/mol. The Morgan fingerprint density at radius 3 is 1.76 bits per heavy atom. The zero-order valence-corrected chi connectivity index (χ0v) is 22.0. The van der Waals surface area contributed by atoms with Gasteiger partial charge in [-0.15, -0.1) is 0 Å². The topological polar surface area (TPSA) is 289 Å². The number of nitrogens with two attached hydrogens (primary N) is 3. The molecule has 0 aromatic rings. The van der Waals surface area contributed by atoms with Gasteiger partial charge in [0.05, 0.1) is 25.7 Å². The number of nitrogens with one attached hydrogen (secondary N) is 4. The molecule has 13 N–H and O–H groups in total. The third-order valence-corrected chi connectivity index (χ3v) is 5.84. The molecule has 0 bridgehead atoms. The molecule has 0 aromatic carbocycles. The van der Waals surface area contributed by atoms with Gasteiger partial charge in [0.2, 0.25) is 29.5 Å². The lowest BCUT2D eigenvalue weighted by Crippen LogP contribution is -2.59. The van der Waals surface area contributed by atoms with Crippen LogP contribution in [0.5, 0.6) is 0 Å². The fourth-order valence-corrected chi connectivity index (χ4v) is 3.50. The first-order valence-electron chi connectivity index (χ1n) is 11.8. The number of thioether (sulfide) groups is 1. The normalized spacial score (nSPS) is 14.8. The molecular formula is C21H39N7O9S. The van der Waals surface area contributed by atoms with Crippen LogP contribution in [0.25, 0.3) is 0 Å². The van der Waals surface area contributed by atoms with Gasteiger partial charge in [0.15, 0.2) is 0 Å². The average molecular weight is 566 g/mol. The summed E-state index contributed by atoms with van der Waals surface area (Å²) in [6, 6.07) is -6.95. The first-order valence-corrected chi connectivity index (χ1v) is 13.2. The van der Waals surface area contributed by atoms with E-state index in [1.807, 2.05) is 5.32 Å². The summed E-state index contributed by atoms with van der Waals surface area (Å²) in [6.45, 7) is -1.43. The molecule has 0 fully saturated rings. The first kappa shape index (κ1) is 35.0. The fourth-order valence-electron chi connectivity index (χ4n) is 3.03. The van der Waals surface area contributed by atoms with Crippen LogP contribution >= 0.6 is 11.8 Å². The number of rotatable bonds is 20. The van der Waals surface area contributed by atoms with Crippen LogP contribution < -0.4 is 38.5 Å². The van der Waals surface area contributed by atoms with E-state index in [1.165, 1.54) is 11.8 Å². The summed E-state index contributed by atoms with van der Waals surface area (Å²) in [7, 11) is 0. The van der Waals surface area contributed by atoms with E-state index < -0.39 is 85.3 Å². The Morgan fingerprint density at radius 1 is 0.763 bits per heavy atom. The highest BCUT2D eigenvalue weighted by Gasteiger charge is 2.31. The molecular weight excluding hydrogens is 526 g/mol. The number of aliphatic hydroxyl groups is 2. The van der Waals surface area contributed by atoms with Gasteiger partial charge in [0.1, 0.15) is 24.2 Å². The maximum atomic E-state index is 12.9. The number of hydrogen-bond donors (Lipinski definition) is 10. The number of carboxylic acid groups (broad SMARTS) is 1. The van der Waals surface area contributed by atoms with Gasteiger partial charge in [-0.2, -0.15) is 11.8 Å². The second kappa shape index (κ2) is 19.1. The van der Waals surface area contributed by atoms with Crippen LogP contribution in [-0.2, 0) is 28.8 Å². The van der Waals surface area contributed by atoms with Gasteiger partial charge >= 0.3 is 5.97 Å². The molecule has 0 heterocycles. The minimum absolute atomic E-state index is 0.0583. The van der Waals surface area contributed by atoms with Crippen molar-refractivity contribution in [2.75, 3.05) is 31.8 Å². The Balaban J connectivity index is 5.51. The molecule has 0 radical (unpaired) electrons. The second-order valence-electron chi connectivity index (χ2n) is 8.29. The van der Waals surface area contributed by atoms with Gasteiger partial charge in [-0.05, 0) is 37.8 Å². The van der Waals surface area contributed by atoms with E-state index in [0.29, 0.717) is 25.1 Å². The number of hydrogen-bond acceptors (Lipinski definition) is 11. The minimum atomic E-state index is -1.67. The molecule has 218 valence electrons. The summed E-state index contributed by atoms with van der Waals surface area (Å²) in [4.78, 5) is 73.0. The van der Waals surface area contributed by atoms with Gasteiger partial charge in [-0.25, -0.2) is 4.79 Å². The van der Waals surface area contributed by atoms with E-state index in [2.05, 4.69) is 16.0 Å². The van der Waals surface area contributed by atoms with Gasteiger partial charge in [-0.3, -0.25) is 24.0 Å². The minimum Gasteiger partial charge on any atom is -0.480 e. The van der Waals surface area contributed by atoms with Crippen molar-refractivity contribution < 1.29 is 44.1 Å². The highest BCUT2D eigenvalue weighted by atomic mass is 32.2. The summed E-state index contributed by atoms with van der Waals surface area (Å²) in [5.41, 5.74) is 16.5. The number of carbonyl (C=O) groups excluding carboxylic acids is 5. The Morgan fingerprint density at radius 2 is 1.26 bits per heavy atom. The quantitative estimate of drug-likeness (QED) is 0.0621. The number of carbonyl (C=O) groups is 6. The lowest BCUT2D eigenvalue weighted by Gasteiger charge is -2.25. The summed E-state index contributed by atoms with van der Waals surface area (Å²) >= 11 is 1.34. The van der Waals surface area contributed by atoms with Crippen LogP contribution in [0.1, 0.15) is 32.1 Å². The zero-order chi connectivity index (χ0) is 29.3. The molecule has 0 unspecified atom stereocenters.